The van der Waals surface area contributed by atoms with Crippen molar-refractivity contribution in [2.45, 2.75) is 72.8 Å². The lowest BCUT2D eigenvalue weighted by atomic mass is 9.89. The Labute approximate surface area is 137 Å². The second-order valence-electron chi connectivity index (χ2n) is 8.08. The normalized spacial score (nSPS) is 18.9. The summed E-state index contributed by atoms with van der Waals surface area (Å²) in [5.74, 6) is 0.965. The zero-order chi connectivity index (χ0) is 16.6. The van der Waals surface area contributed by atoms with Gasteiger partial charge in [-0.05, 0) is 56.8 Å². The van der Waals surface area contributed by atoms with Crippen molar-refractivity contribution < 1.29 is 4.74 Å². The van der Waals surface area contributed by atoms with Gasteiger partial charge in [-0.2, -0.15) is 0 Å². The van der Waals surface area contributed by atoms with Gasteiger partial charge in [0.2, 0.25) is 0 Å². The van der Waals surface area contributed by atoms with E-state index in [4.69, 9.17) is 9.73 Å². The molecule has 1 aliphatic rings. The van der Waals surface area contributed by atoms with E-state index in [2.05, 4.69) is 45.3 Å². The highest BCUT2D eigenvalue weighted by atomic mass is 16.5. The molecule has 4 heteroatoms. The van der Waals surface area contributed by atoms with Gasteiger partial charge in [-0.15, -0.1) is 0 Å². The molecule has 0 spiro atoms. The zero-order valence-corrected chi connectivity index (χ0v) is 15.6. The number of guanidine groups is 1. The van der Waals surface area contributed by atoms with Crippen molar-refractivity contribution in [3.05, 3.63) is 0 Å². The van der Waals surface area contributed by atoms with Crippen LogP contribution in [0.1, 0.15) is 66.7 Å². The molecule has 0 amide bonds. The molecular weight excluding hydrogens is 274 g/mol. The minimum absolute atomic E-state index is 0.393. The van der Waals surface area contributed by atoms with Crippen LogP contribution in [-0.4, -0.2) is 38.8 Å². The number of nitrogens with zero attached hydrogens (tertiary/aromatic N) is 1. The van der Waals surface area contributed by atoms with Crippen molar-refractivity contribution in [1.82, 2.24) is 10.6 Å². The van der Waals surface area contributed by atoms with Gasteiger partial charge in [0.25, 0.3) is 0 Å². The van der Waals surface area contributed by atoms with Gasteiger partial charge < -0.3 is 15.4 Å². The molecule has 4 nitrogen and oxygen atoms in total. The van der Waals surface area contributed by atoms with Gasteiger partial charge in [0.05, 0.1) is 0 Å². The smallest absolute Gasteiger partial charge is 0.191 e. The first kappa shape index (κ1) is 19.3. The van der Waals surface area contributed by atoms with Crippen molar-refractivity contribution in [1.29, 1.82) is 0 Å². The maximum Gasteiger partial charge on any atom is 0.191 e. The number of ether oxygens (including phenoxy) is 1. The third kappa shape index (κ3) is 8.02. The topological polar surface area (TPSA) is 45.7 Å². The number of rotatable bonds is 9. The predicted molar refractivity (Wildman–Crippen MR) is 95.4 cm³/mol. The Morgan fingerprint density at radius 3 is 2.50 bits per heavy atom. The lowest BCUT2D eigenvalue weighted by Crippen LogP contribution is -2.42. The molecule has 0 aromatic rings. The molecule has 1 saturated carbocycles. The van der Waals surface area contributed by atoms with Crippen LogP contribution in [0.25, 0.3) is 0 Å². The lowest BCUT2D eigenvalue weighted by molar-refractivity contribution is 0.174. The Bertz CT molecular complexity index is 343. The molecule has 1 fully saturated rings. The molecule has 22 heavy (non-hydrogen) atoms. The quantitative estimate of drug-likeness (QED) is 0.505. The highest BCUT2D eigenvalue weighted by Crippen LogP contribution is 2.48. The molecule has 0 aromatic heterocycles. The van der Waals surface area contributed by atoms with E-state index >= 15 is 0 Å². The summed E-state index contributed by atoms with van der Waals surface area (Å²) in [4.78, 5) is 4.82. The van der Waals surface area contributed by atoms with E-state index in [9.17, 15) is 0 Å². The van der Waals surface area contributed by atoms with E-state index in [1.165, 1.54) is 25.7 Å². The molecule has 1 atom stereocenters. The van der Waals surface area contributed by atoms with Crippen LogP contribution in [0.5, 0.6) is 0 Å². The first-order chi connectivity index (χ1) is 10.3. The molecule has 0 aromatic carbocycles. The van der Waals surface area contributed by atoms with Crippen molar-refractivity contribution in [2.75, 3.05) is 26.8 Å². The Hall–Kier alpha value is -0.770. The third-order valence-corrected chi connectivity index (χ3v) is 4.42. The monoisotopic (exact) mass is 311 g/mol. The van der Waals surface area contributed by atoms with E-state index in [1.54, 1.807) is 7.11 Å². The van der Waals surface area contributed by atoms with Gasteiger partial charge in [-0.3, -0.25) is 4.99 Å². The first-order valence-electron chi connectivity index (χ1n) is 8.84. The Morgan fingerprint density at radius 2 is 2.00 bits per heavy atom. The molecular formula is C18H37N3O. The van der Waals surface area contributed by atoms with E-state index in [1.807, 2.05) is 0 Å². The van der Waals surface area contributed by atoms with E-state index in [0.717, 1.165) is 32.1 Å². The maximum atomic E-state index is 5.22. The summed E-state index contributed by atoms with van der Waals surface area (Å²) in [5, 5.41) is 6.93. The minimum Gasteiger partial charge on any atom is -0.385 e. The molecule has 2 N–H and O–H groups in total. The number of methoxy groups -OCH3 is 1. The molecule has 0 heterocycles. The Morgan fingerprint density at radius 1 is 1.32 bits per heavy atom. The second kappa shape index (κ2) is 8.76. The van der Waals surface area contributed by atoms with Gasteiger partial charge in [0.1, 0.15) is 0 Å². The van der Waals surface area contributed by atoms with E-state index in [-0.39, 0.29) is 0 Å². The highest BCUT2D eigenvalue weighted by molar-refractivity contribution is 5.80. The lowest BCUT2D eigenvalue weighted by Gasteiger charge is -2.23. The van der Waals surface area contributed by atoms with Crippen LogP contribution in [0.15, 0.2) is 4.99 Å². The van der Waals surface area contributed by atoms with Gasteiger partial charge in [0, 0.05) is 32.8 Å². The van der Waals surface area contributed by atoms with Gasteiger partial charge >= 0.3 is 0 Å². The predicted octanol–water partition coefficient (Wildman–Crippen LogP) is 3.57. The van der Waals surface area contributed by atoms with Crippen LogP contribution in [0.2, 0.25) is 0 Å². The number of aliphatic imine (C=N–C) groups is 1. The average Bonchev–Trinajstić information content (AvgIpc) is 3.20. The molecule has 1 unspecified atom stereocenters. The summed E-state index contributed by atoms with van der Waals surface area (Å²) in [5.41, 5.74) is 0.802. The largest absolute Gasteiger partial charge is 0.385 e. The number of hydrogen-bond acceptors (Lipinski definition) is 2. The third-order valence-electron chi connectivity index (χ3n) is 4.42. The number of nitrogens with one attached hydrogen (secondary N) is 2. The summed E-state index contributed by atoms with van der Waals surface area (Å²) in [7, 11) is 1.78. The van der Waals surface area contributed by atoms with Crippen LogP contribution in [-0.2, 0) is 4.74 Å². The van der Waals surface area contributed by atoms with Crippen LogP contribution in [0.4, 0.5) is 0 Å². The summed E-state index contributed by atoms with van der Waals surface area (Å²) in [6.45, 7) is 13.9. The standard InChI is InChI=1S/C18H37N3O/c1-7-19-16(21-15(2)8-9-17(3,4)5)20-14-18(10-11-18)12-13-22-6/h15H,7-14H2,1-6H3,(H2,19,20,21). The number of hydrogen-bond donors (Lipinski definition) is 2. The second-order valence-corrected chi connectivity index (χ2v) is 8.08. The molecule has 0 aliphatic heterocycles. The van der Waals surface area contributed by atoms with Crippen LogP contribution >= 0.6 is 0 Å². The summed E-state index contributed by atoms with van der Waals surface area (Å²) in [6, 6.07) is 0.450. The molecule has 0 bridgehead atoms. The Balaban J connectivity index is 2.45. The van der Waals surface area contributed by atoms with Crippen molar-refractivity contribution in [3.8, 4) is 0 Å². The zero-order valence-electron chi connectivity index (χ0n) is 15.6. The molecule has 1 aliphatic carbocycles. The van der Waals surface area contributed by atoms with Crippen molar-refractivity contribution >= 4 is 5.96 Å². The van der Waals surface area contributed by atoms with Crippen molar-refractivity contribution in [2.24, 2.45) is 15.8 Å². The SMILES string of the molecule is CCNC(=NCC1(CCOC)CC1)NC(C)CCC(C)(C)C. The highest BCUT2D eigenvalue weighted by Gasteiger charge is 2.41. The fraction of sp³-hybridized carbons (Fsp3) is 0.944. The summed E-state index contributed by atoms with van der Waals surface area (Å²) >= 11 is 0. The molecule has 130 valence electrons. The first-order valence-corrected chi connectivity index (χ1v) is 8.84. The van der Waals surface area contributed by atoms with Crippen molar-refractivity contribution in [3.63, 3.8) is 0 Å². The van der Waals surface area contributed by atoms with E-state index < -0.39 is 0 Å². The Kier molecular flexibility index (Phi) is 7.67. The minimum atomic E-state index is 0.393. The average molecular weight is 312 g/mol. The van der Waals surface area contributed by atoms with Crippen LogP contribution < -0.4 is 10.6 Å². The maximum absolute atomic E-state index is 5.22. The van der Waals surface area contributed by atoms with Crippen LogP contribution in [0, 0.1) is 10.8 Å². The summed E-state index contributed by atoms with van der Waals surface area (Å²) in [6.07, 6.45) is 6.10. The molecule has 0 radical (unpaired) electrons. The molecule has 0 saturated heterocycles. The summed E-state index contributed by atoms with van der Waals surface area (Å²) < 4.78 is 5.22. The fourth-order valence-electron chi connectivity index (χ4n) is 2.50. The van der Waals surface area contributed by atoms with Gasteiger partial charge in [-0.1, -0.05) is 20.8 Å². The van der Waals surface area contributed by atoms with Gasteiger partial charge in [-0.25, -0.2) is 0 Å². The fourth-order valence-corrected chi connectivity index (χ4v) is 2.50. The van der Waals surface area contributed by atoms with Crippen LogP contribution in [0.3, 0.4) is 0 Å². The van der Waals surface area contributed by atoms with Gasteiger partial charge in [0.15, 0.2) is 5.96 Å². The molecule has 1 rings (SSSR count). The van der Waals surface area contributed by atoms with E-state index in [0.29, 0.717) is 16.9 Å².